The average Bonchev–Trinajstić information content (AvgIpc) is 2.36. The zero-order valence-corrected chi connectivity index (χ0v) is 10.6. The summed E-state index contributed by atoms with van der Waals surface area (Å²) >= 11 is 1.65. The van der Waals surface area contributed by atoms with E-state index in [9.17, 15) is 9.59 Å². The van der Waals surface area contributed by atoms with Gasteiger partial charge in [-0.15, -0.1) is 11.8 Å². The van der Waals surface area contributed by atoms with Crippen LogP contribution in [0.1, 0.15) is 12.5 Å². The lowest BCUT2D eigenvalue weighted by atomic mass is 10.2. The lowest BCUT2D eigenvalue weighted by Crippen LogP contribution is -2.14. The zero-order valence-electron chi connectivity index (χ0n) is 9.80. The minimum atomic E-state index is -0.815. The van der Waals surface area contributed by atoms with Gasteiger partial charge in [0.2, 0.25) is 0 Å². The number of carbonyl (C=O) groups excluding carboxylic acids is 2. The van der Waals surface area contributed by atoms with E-state index in [0.29, 0.717) is 0 Å². The van der Waals surface area contributed by atoms with Gasteiger partial charge < -0.3 is 4.74 Å². The van der Waals surface area contributed by atoms with E-state index in [1.165, 1.54) is 6.08 Å². The Bertz CT molecular complexity index is 421. The highest BCUT2D eigenvalue weighted by molar-refractivity contribution is 7.98. The molecule has 90 valence electrons. The summed E-state index contributed by atoms with van der Waals surface area (Å²) in [7, 11) is 0. The van der Waals surface area contributed by atoms with Crippen LogP contribution in [-0.2, 0) is 14.3 Å². The number of hydrogen-bond acceptors (Lipinski definition) is 4. The lowest BCUT2D eigenvalue weighted by Gasteiger charge is -1.97. The molecule has 4 heteroatoms. The summed E-state index contributed by atoms with van der Waals surface area (Å²) in [5, 5.41) is 0. The molecule has 0 aliphatic carbocycles. The number of carbonyl (C=O) groups is 2. The molecule has 1 rings (SSSR count). The van der Waals surface area contributed by atoms with Gasteiger partial charge in [0.15, 0.2) is 0 Å². The van der Waals surface area contributed by atoms with Gasteiger partial charge in [0, 0.05) is 4.90 Å². The van der Waals surface area contributed by atoms with Crippen LogP contribution in [0.2, 0.25) is 0 Å². The zero-order chi connectivity index (χ0) is 12.7. The fourth-order valence-electron chi connectivity index (χ4n) is 1.16. The first-order valence-electron chi connectivity index (χ1n) is 5.20. The minimum absolute atomic E-state index is 0.209. The average molecular weight is 250 g/mol. The van der Waals surface area contributed by atoms with Crippen LogP contribution in [0.4, 0.5) is 0 Å². The fraction of sp³-hybridized carbons (Fsp3) is 0.231. The summed E-state index contributed by atoms with van der Waals surface area (Å²) in [5.74, 6) is -1.45. The van der Waals surface area contributed by atoms with Gasteiger partial charge in [-0.2, -0.15) is 0 Å². The van der Waals surface area contributed by atoms with Gasteiger partial charge in [0.05, 0.1) is 6.61 Å². The van der Waals surface area contributed by atoms with Gasteiger partial charge in [-0.05, 0) is 37.0 Å². The molecule has 0 saturated heterocycles. The Kier molecular flexibility index (Phi) is 5.49. The third kappa shape index (κ3) is 4.44. The molecule has 0 radical (unpaired) electrons. The molecule has 0 N–H and O–H groups in total. The Labute approximate surface area is 105 Å². The van der Waals surface area contributed by atoms with E-state index in [-0.39, 0.29) is 6.61 Å². The Balaban J connectivity index is 2.63. The number of hydrogen-bond donors (Lipinski definition) is 0. The van der Waals surface area contributed by atoms with Crippen molar-refractivity contribution in [1.82, 2.24) is 0 Å². The Morgan fingerprint density at radius 2 is 1.94 bits per heavy atom. The molecule has 0 fully saturated rings. The van der Waals surface area contributed by atoms with Crippen LogP contribution in [0.3, 0.4) is 0 Å². The third-order valence-electron chi connectivity index (χ3n) is 2.02. The number of ether oxygens (including phenoxy) is 1. The Morgan fingerprint density at radius 1 is 1.29 bits per heavy atom. The topological polar surface area (TPSA) is 43.4 Å². The fourth-order valence-corrected chi connectivity index (χ4v) is 1.57. The molecule has 1 aromatic carbocycles. The molecule has 17 heavy (non-hydrogen) atoms. The van der Waals surface area contributed by atoms with Crippen molar-refractivity contribution in [2.45, 2.75) is 11.8 Å². The number of thioether (sulfide) groups is 1. The van der Waals surface area contributed by atoms with Gasteiger partial charge >= 0.3 is 5.97 Å². The maximum Gasteiger partial charge on any atom is 0.379 e. The second-order valence-corrected chi connectivity index (χ2v) is 4.07. The van der Waals surface area contributed by atoms with Crippen LogP contribution in [0, 0.1) is 0 Å². The molecule has 0 bridgehead atoms. The highest BCUT2D eigenvalue weighted by Crippen LogP contribution is 2.15. The third-order valence-corrected chi connectivity index (χ3v) is 2.76. The summed E-state index contributed by atoms with van der Waals surface area (Å²) in [6.45, 7) is 1.87. The molecule has 0 unspecified atom stereocenters. The first kappa shape index (κ1) is 13.5. The minimum Gasteiger partial charge on any atom is -0.460 e. The van der Waals surface area contributed by atoms with Gasteiger partial charge in [0.1, 0.15) is 0 Å². The van der Waals surface area contributed by atoms with Gasteiger partial charge in [-0.3, -0.25) is 4.79 Å². The highest BCUT2D eigenvalue weighted by atomic mass is 32.2. The summed E-state index contributed by atoms with van der Waals surface area (Å²) in [5.41, 5.74) is 0.875. The summed E-state index contributed by atoms with van der Waals surface area (Å²) < 4.78 is 4.59. The molecule has 0 saturated carbocycles. The smallest absolute Gasteiger partial charge is 0.379 e. The molecule has 0 aliphatic rings. The van der Waals surface area contributed by atoms with E-state index in [1.54, 1.807) is 24.8 Å². The standard InChI is InChI=1S/C13H14O3S/c1-3-16-13(15)12(14)9-6-10-4-7-11(17-2)8-5-10/h4-9H,3H2,1-2H3/b9-6+. The highest BCUT2D eigenvalue weighted by Gasteiger charge is 2.09. The van der Waals surface area contributed by atoms with Crippen molar-refractivity contribution in [2.24, 2.45) is 0 Å². The van der Waals surface area contributed by atoms with Crippen molar-refractivity contribution >= 4 is 29.6 Å². The molecule has 0 heterocycles. The molecule has 3 nitrogen and oxygen atoms in total. The lowest BCUT2D eigenvalue weighted by molar-refractivity contribution is -0.151. The molecule has 0 atom stereocenters. The maximum atomic E-state index is 11.3. The Morgan fingerprint density at radius 3 is 2.47 bits per heavy atom. The van der Waals surface area contributed by atoms with Crippen molar-refractivity contribution < 1.29 is 14.3 Å². The van der Waals surface area contributed by atoms with Crippen molar-refractivity contribution in [3.63, 3.8) is 0 Å². The van der Waals surface area contributed by atoms with E-state index in [2.05, 4.69) is 4.74 Å². The normalized spacial score (nSPS) is 10.5. The Hall–Kier alpha value is -1.55. The number of ketones is 1. The first-order chi connectivity index (χ1) is 8.17. The van der Waals surface area contributed by atoms with E-state index < -0.39 is 11.8 Å². The first-order valence-corrected chi connectivity index (χ1v) is 6.43. The summed E-state index contributed by atoms with van der Waals surface area (Å²) in [6.07, 6.45) is 4.82. The maximum absolute atomic E-state index is 11.3. The molecule has 0 amide bonds. The van der Waals surface area contributed by atoms with Gasteiger partial charge in [0.25, 0.3) is 5.78 Å². The van der Waals surface area contributed by atoms with Crippen molar-refractivity contribution in [2.75, 3.05) is 12.9 Å². The van der Waals surface area contributed by atoms with Crippen LogP contribution >= 0.6 is 11.8 Å². The molecular formula is C13H14O3S. The SMILES string of the molecule is CCOC(=O)C(=O)/C=C/c1ccc(SC)cc1. The summed E-state index contributed by atoms with van der Waals surface area (Å²) in [6, 6.07) is 7.69. The van der Waals surface area contributed by atoms with E-state index in [1.807, 2.05) is 30.5 Å². The monoisotopic (exact) mass is 250 g/mol. The van der Waals surface area contributed by atoms with Crippen LogP contribution in [0.5, 0.6) is 0 Å². The van der Waals surface area contributed by atoms with Crippen molar-refractivity contribution in [1.29, 1.82) is 0 Å². The predicted molar refractivity (Wildman–Crippen MR) is 68.9 cm³/mol. The van der Waals surface area contributed by atoms with Crippen LogP contribution in [0.25, 0.3) is 6.08 Å². The second-order valence-electron chi connectivity index (χ2n) is 3.19. The predicted octanol–water partition coefficient (Wildman–Crippen LogP) is 2.55. The molecule has 1 aromatic rings. The van der Waals surface area contributed by atoms with Gasteiger partial charge in [-0.1, -0.05) is 18.2 Å². The number of rotatable bonds is 5. The number of benzene rings is 1. The van der Waals surface area contributed by atoms with Crippen molar-refractivity contribution in [3.8, 4) is 0 Å². The van der Waals surface area contributed by atoms with Crippen molar-refractivity contribution in [3.05, 3.63) is 35.9 Å². The summed E-state index contributed by atoms with van der Waals surface area (Å²) in [4.78, 5) is 23.5. The van der Waals surface area contributed by atoms with Crippen LogP contribution < -0.4 is 0 Å². The molecule has 0 spiro atoms. The second kappa shape index (κ2) is 6.91. The molecule has 0 aliphatic heterocycles. The number of esters is 1. The largest absolute Gasteiger partial charge is 0.460 e. The molecular weight excluding hydrogens is 236 g/mol. The molecule has 0 aromatic heterocycles. The van der Waals surface area contributed by atoms with E-state index >= 15 is 0 Å². The quantitative estimate of drug-likeness (QED) is 0.348. The van der Waals surface area contributed by atoms with Crippen LogP contribution in [0.15, 0.2) is 35.2 Å². The van der Waals surface area contributed by atoms with E-state index in [0.717, 1.165) is 10.5 Å². The van der Waals surface area contributed by atoms with Gasteiger partial charge in [-0.25, -0.2) is 4.79 Å². The van der Waals surface area contributed by atoms with Crippen LogP contribution in [-0.4, -0.2) is 24.6 Å². The van der Waals surface area contributed by atoms with E-state index in [4.69, 9.17) is 0 Å².